The summed E-state index contributed by atoms with van der Waals surface area (Å²) in [6, 6.07) is 9.99. The number of nitrogens with zero attached hydrogens (tertiary/aromatic N) is 3. The number of carbonyl (C=O) groups is 5. The number of hydrogen-bond acceptors (Lipinski definition) is 8. The Morgan fingerprint density at radius 1 is 0.940 bits per heavy atom. The quantitative estimate of drug-likeness (QED) is 0.304. The van der Waals surface area contributed by atoms with Crippen LogP contribution in [-0.4, -0.2) is 95.5 Å². The monoisotopic (exact) mass is 709 g/mol. The number of aromatic amines is 1. The summed E-state index contributed by atoms with van der Waals surface area (Å²) < 4.78 is 28.2. The Balaban J connectivity index is 1.31. The molecule has 2 bridgehead atoms. The molecular formula is C34H43N7O8S. The van der Waals surface area contributed by atoms with Gasteiger partial charge in [-0.1, -0.05) is 32.4 Å². The van der Waals surface area contributed by atoms with E-state index in [1.54, 1.807) is 24.3 Å². The molecule has 1 aromatic heterocycles. The minimum Gasteiger partial charge on any atom is -0.354 e. The molecule has 0 spiro atoms. The summed E-state index contributed by atoms with van der Waals surface area (Å²) in [5.74, 6) is -2.33. The predicted molar refractivity (Wildman–Crippen MR) is 184 cm³/mol. The summed E-state index contributed by atoms with van der Waals surface area (Å²) in [6.45, 7) is 4.55. The van der Waals surface area contributed by atoms with Gasteiger partial charge in [0.25, 0.3) is 21.8 Å². The Hall–Kier alpha value is -4.99. The van der Waals surface area contributed by atoms with Crippen LogP contribution >= 0.6 is 0 Å². The van der Waals surface area contributed by atoms with Crippen molar-refractivity contribution in [2.45, 2.75) is 69.9 Å². The van der Waals surface area contributed by atoms with Crippen LogP contribution in [0.15, 0.2) is 52.2 Å². The van der Waals surface area contributed by atoms with Gasteiger partial charge in [0, 0.05) is 57.7 Å². The number of sulfonamides is 1. The Morgan fingerprint density at radius 2 is 1.66 bits per heavy atom. The molecule has 0 saturated heterocycles. The standard InChI is InChI=1S/C34H43N7O8S/c1-3-22(2)30-32(45)36-16-8-19-40-26-21-23(12-13-25(26)37-34(40)47)31(44)35-15-7-18-39(17-6-11-28(42)38-30)29(43)14-20-41-33(46)24-9-4-5-10-27(24)50(41,48)49/h4-5,9-10,12-13,21-22,30H,3,6-8,11,14-20H2,1-2H3,(H,35,44)(H,36,45)(H,37,47)(H,38,42)/t22-,30-/m0/s1. The third-order valence-electron chi connectivity index (χ3n) is 9.22. The Morgan fingerprint density at radius 3 is 2.42 bits per heavy atom. The number of aryl methyl sites for hydroxylation is 1. The first kappa shape index (κ1) is 36.3. The number of amides is 5. The van der Waals surface area contributed by atoms with E-state index in [2.05, 4.69) is 20.9 Å². The normalized spacial score (nSPS) is 20.1. The molecule has 0 unspecified atom stereocenters. The predicted octanol–water partition coefficient (Wildman–Crippen LogP) is 1.34. The van der Waals surface area contributed by atoms with Crippen LogP contribution in [0.1, 0.15) is 73.1 Å². The van der Waals surface area contributed by atoms with Gasteiger partial charge in [-0.15, -0.1) is 0 Å². The third kappa shape index (κ3) is 7.90. The van der Waals surface area contributed by atoms with E-state index >= 15 is 0 Å². The van der Waals surface area contributed by atoms with Crippen LogP contribution in [0.25, 0.3) is 11.0 Å². The fourth-order valence-electron chi connectivity index (χ4n) is 6.20. The Labute approximate surface area is 289 Å². The second-order valence-corrected chi connectivity index (χ2v) is 14.4. The first-order chi connectivity index (χ1) is 23.9. The number of hydrogen-bond donors (Lipinski definition) is 4. The minimum atomic E-state index is -4.09. The minimum absolute atomic E-state index is 0.0248. The highest BCUT2D eigenvalue weighted by molar-refractivity contribution is 7.90. The number of benzene rings is 2. The lowest BCUT2D eigenvalue weighted by Gasteiger charge is -2.25. The highest BCUT2D eigenvalue weighted by Gasteiger charge is 2.41. The number of nitrogens with one attached hydrogen (secondary N) is 4. The lowest BCUT2D eigenvalue weighted by molar-refractivity contribution is -0.132. The molecule has 2 aromatic carbocycles. The first-order valence-electron chi connectivity index (χ1n) is 16.9. The van der Waals surface area contributed by atoms with Crippen molar-refractivity contribution in [1.29, 1.82) is 0 Å². The van der Waals surface area contributed by atoms with E-state index < -0.39 is 27.9 Å². The van der Waals surface area contributed by atoms with E-state index in [1.165, 1.54) is 27.7 Å². The molecule has 5 rings (SSSR count). The molecule has 3 heterocycles. The maximum atomic E-state index is 13.5. The zero-order chi connectivity index (χ0) is 36.0. The van der Waals surface area contributed by atoms with Gasteiger partial charge in [-0.3, -0.25) is 28.5 Å². The molecule has 268 valence electrons. The Kier molecular flexibility index (Phi) is 11.4. The van der Waals surface area contributed by atoms with Crippen molar-refractivity contribution < 1.29 is 32.4 Å². The number of imidazole rings is 1. The molecule has 2 atom stereocenters. The van der Waals surface area contributed by atoms with E-state index in [4.69, 9.17) is 0 Å². The van der Waals surface area contributed by atoms with E-state index in [1.807, 2.05) is 13.8 Å². The van der Waals surface area contributed by atoms with Crippen LogP contribution < -0.4 is 21.6 Å². The van der Waals surface area contributed by atoms with Crippen molar-refractivity contribution in [1.82, 2.24) is 34.7 Å². The van der Waals surface area contributed by atoms with Crippen molar-refractivity contribution in [3.8, 4) is 0 Å². The summed E-state index contributed by atoms with van der Waals surface area (Å²) in [5.41, 5.74) is 1.17. The largest absolute Gasteiger partial charge is 0.354 e. The summed E-state index contributed by atoms with van der Waals surface area (Å²) in [4.78, 5) is 82.4. The van der Waals surface area contributed by atoms with Crippen LogP contribution in [0, 0.1) is 5.92 Å². The van der Waals surface area contributed by atoms with Gasteiger partial charge in [-0.25, -0.2) is 17.5 Å². The molecule has 0 aliphatic carbocycles. The highest BCUT2D eigenvalue weighted by Crippen LogP contribution is 2.30. The smallest absolute Gasteiger partial charge is 0.326 e. The molecule has 0 saturated carbocycles. The second kappa shape index (κ2) is 15.7. The maximum Gasteiger partial charge on any atom is 0.326 e. The van der Waals surface area contributed by atoms with Crippen molar-refractivity contribution in [2.75, 3.05) is 32.7 Å². The highest BCUT2D eigenvalue weighted by atomic mass is 32.2. The lowest BCUT2D eigenvalue weighted by Crippen LogP contribution is -2.50. The number of H-pyrrole nitrogens is 1. The van der Waals surface area contributed by atoms with Crippen molar-refractivity contribution in [3.05, 3.63) is 64.1 Å². The third-order valence-corrected chi connectivity index (χ3v) is 11.1. The van der Waals surface area contributed by atoms with E-state index in [0.717, 1.165) is 0 Å². The van der Waals surface area contributed by atoms with Gasteiger partial charge in [0.2, 0.25) is 17.7 Å². The van der Waals surface area contributed by atoms with Gasteiger partial charge in [-0.2, -0.15) is 0 Å². The summed E-state index contributed by atoms with van der Waals surface area (Å²) in [5, 5.41) is 8.54. The van der Waals surface area contributed by atoms with Crippen LogP contribution in [0.3, 0.4) is 0 Å². The molecule has 4 N–H and O–H groups in total. The van der Waals surface area contributed by atoms with Crippen LogP contribution in [0.2, 0.25) is 0 Å². The van der Waals surface area contributed by atoms with Crippen molar-refractivity contribution in [3.63, 3.8) is 0 Å². The molecule has 16 heteroatoms. The van der Waals surface area contributed by atoms with Gasteiger partial charge in [0.05, 0.1) is 16.6 Å². The van der Waals surface area contributed by atoms with E-state index in [0.29, 0.717) is 46.7 Å². The molecule has 2 aliphatic heterocycles. The van der Waals surface area contributed by atoms with Crippen LogP contribution in [0.5, 0.6) is 0 Å². The van der Waals surface area contributed by atoms with Crippen molar-refractivity contribution >= 4 is 50.6 Å². The molecule has 0 radical (unpaired) electrons. The van der Waals surface area contributed by atoms with E-state index in [9.17, 15) is 37.2 Å². The average molecular weight is 710 g/mol. The molecule has 2 aliphatic rings. The van der Waals surface area contributed by atoms with Crippen LogP contribution in [0.4, 0.5) is 0 Å². The summed E-state index contributed by atoms with van der Waals surface area (Å²) in [6.07, 6.45) is 1.44. The van der Waals surface area contributed by atoms with Crippen molar-refractivity contribution in [2.24, 2.45) is 5.92 Å². The average Bonchev–Trinajstić information content (AvgIpc) is 3.51. The Bertz CT molecular complexity index is 1950. The first-order valence-corrected chi connectivity index (χ1v) is 18.4. The summed E-state index contributed by atoms with van der Waals surface area (Å²) >= 11 is 0. The zero-order valence-electron chi connectivity index (χ0n) is 28.2. The molecular weight excluding hydrogens is 666 g/mol. The van der Waals surface area contributed by atoms with Gasteiger partial charge >= 0.3 is 5.69 Å². The topological polar surface area (TPSA) is 200 Å². The summed E-state index contributed by atoms with van der Waals surface area (Å²) in [7, 11) is -4.09. The SMILES string of the molecule is CC[C@H](C)[C@@H]1NC(=O)CCCN(C(=O)CCN2C(=O)c3ccccc3S2(=O)=O)CCCNC(=O)c2ccc3[nH]c(=O)n(c3c2)CCCNC1=O. The molecule has 0 fully saturated rings. The van der Waals surface area contributed by atoms with E-state index in [-0.39, 0.29) is 91.8 Å². The maximum absolute atomic E-state index is 13.5. The number of rotatable bonds is 5. The molecule has 5 amide bonds. The fraction of sp³-hybridized carbons (Fsp3) is 0.471. The molecule has 50 heavy (non-hydrogen) atoms. The fourth-order valence-corrected chi connectivity index (χ4v) is 7.76. The molecule has 15 nitrogen and oxygen atoms in total. The van der Waals surface area contributed by atoms with Gasteiger partial charge in [0.15, 0.2) is 0 Å². The van der Waals surface area contributed by atoms with Crippen LogP contribution in [-0.2, 0) is 31.0 Å². The second-order valence-electron chi connectivity index (χ2n) is 12.6. The lowest BCUT2D eigenvalue weighted by atomic mass is 9.98. The number of aromatic nitrogens is 2. The molecule has 3 aromatic rings. The number of fused-ring (bicyclic) bond motifs is 2. The number of carbonyl (C=O) groups excluding carboxylic acids is 5. The van der Waals surface area contributed by atoms with Gasteiger partial charge < -0.3 is 25.8 Å². The van der Waals surface area contributed by atoms with Gasteiger partial charge in [0.1, 0.15) is 10.9 Å². The zero-order valence-corrected chi connectivity index (χ0v) is 29.0. The van der Waals surface area contributed by atoms with Gasteiger partial charge in [-0.05, 0) is 55.5 Å².